The molecule has 1 N–H and O–H groups in total. The van der Waals surface area contributed by atoms with E-state index in [4.69, 9.17) is 9.47 Å². The predicted molar refractivity (Wildman–Crippen MR) is 230 cm³/mol. The van der Waals surface area contributed by atoms with Crippen LogP contribution in [0.5, 0.6) is 0 Å². The van der Waals surface area contributed by atoms with Gasteiger partial charge in [-0.05, 0) is 64.5 Å². The number of carbonyl (C=O) groups excluding carboxylic acids is 2. The largest absolute Gasteiger partial charge is 0.466 e. The van der Waals surface area contributed by atoms with Crippen molar-refractivity contribution >= 4 is 11.9 Å². The Kier molecular flexibility index (Phi) is 47.9. The zero-order chi connectivity index (χ0) is 39.3. The van der Waals surface area contributed by atoms with E-state index < -0.39 is 0 Å². The number of unbranched alkanes of at least 4 members (excludes halogenated alkanes) is 25. The maximum atomic E-state index is 12.3. The summed E-state index contributed by atoms with van der Waals surface area (Å²) in [7, 11) is 0. The zero-order valence-electron chi connectivity index (χ0n) is 36.7. The third kappa shape index (κ3) is 45.1. The number of rotatable bonds is 41. The molecule has 0 aliphatic heterocycles. The molecule has 0 bridgehead atoms. The Labute approximate surface area is 332 Å². The van der Waals surface area contributed by atoms with E-state index in [0.717, 1.165) is 77.4 Å². The maximum Gasteiger partial charge on any atom is 0.306 e. The van der Waals surface area contributed by atoms with Crippen molar-refractivity contribution in [2.24, 2.45) is 0 Å². The van der Waals surface area contributed by atoms with E-state index in [9.17, 15) is 14.7 Å². The van der Waals surface area contributed by atoms with Crippen LogP contribution < -0.4 is 0 Å². The molecule has 318 valence electrons. The lowest BCUT2D eigenvalue weighted by Gasteiger charge is -2.21. The van der Waals surface area contributed by atoms with Gasteiger partial charge in [0.05, 0.1) is 13.2 Å². The third-order valence-corrected chi connectivity index (χ3v) is 10.5. The smallest absolute Gasteiger partial charge is 0.306 e. The maximum absolute atomic E-state index is 12.3. The molecule has 0 saturated heterocycles. The van der Waals surface area contributed by atoms with Gasteiger partial charge in [-0.15, -0.1) is 0 Å². The average molecular weight is 754 g/mol. The summed E-state index contributed by atoms with van der Waals surface area (Å²) in [4.78, 5) is 26.6. The van der Waals surface area contributed by atoms with Crippen LogP contribution in [-0.2, 0) is 19.1 Å². The molecular weight excluding hydrogens is 659 g/mol. The molecule has 0 heterocycles. The molecule has 0 aromatic rings. The lowest BCUT2D eigenvalue weighted by molar-refractivity contribution is -0.149. The quantitative estimate of drug-likeness (QED) is 0.0495. The van der Waals surface area contributed by atoms with Crippen molar-refractivity contribution in [3.8, 4) is 0 Å². The standard InChI is InChI=1S/C39H77NO5.C8H18/c1-4-7-9-11-15-22-28-36-44-38(42)30-24-18-13-14-20-26-32-40(34-35-41)33-27-21-16-19-25-31-39(43)45-37(6-3)29-23-17-12-10-8-5-2;1-3-5-7-8-6-4-2/h37,41H,4-36H2,1-3H3;3-8H2,1-2H3. The first kappa shape index (κ1) is 54.0. The summed E-state index contributed by atoms with van der Waals surface area (Å²) in [6, 6.07) is 0. The fraction of sp³-hybridized carbons (Fsp3) is 0.957. The van der Waals surface area contributed by atoms with Gasteiger partial charge in [0.1, 0.15) is 6.10 Å². The van der Waals surface area contributed by atoms with Crippen LogP contribution in [0.15, 0.2) is 0 Å². The van der Waals surface area contributed by atoms with Crippen LogP contribution in [0.4, 0.5) is 0 Å². The molecule has 0 amide bonds. The summed E-state index contributed by atoms with van der Waals surface area (Å²) in [6.07, 6.45) is 40.3. The second kappa shape index (κ2) is 47.0. The molecule has 0 aromatic heterocycles. The van der Waals surface area contributed by atoms with E-state index >= 15 is 0 Å². The molecule has 0 saturated carbocycles. The van der Waals surface area contributed by atoms with Crippen LogP contribution in [0.25, 0.3) is 0 Å². The van der Waals surface area contributed by atoms with Crippen LogP contribution in [-0.4, -0.2) is 60.9 Å². The summed E-state index contributed by atoms with van der Waals surface area (Å²) >= 11 is 0. The van der Waals surface area contributed by atoms with Crippen molar-refractivity contribution in [1.29, 1.82) is 0 Å². The molecule has 0 aliphatic rings. The number of esters is 2. The monoisotopic (exact) mass is 754 g/mol. The summed E-state index contributed by atoms with van der Waals surface area (Å²) in [6.45, 7) is 14.8. The summed E-state index contributed by atoms with van der Waals surface area (Å²) < 4.78 is 11.1. The second-order valence-corrected chi connectivity index (χ2v) is 15.8. The predicted octanol–water partition coefficient (Wildman–Crippen LogP) is 14.1. The molecule has 0 radical (unpaired) electrons. The topological polar surface area (TPSA) is 76.1 Å². The molecule has 0 fully saturated rings. The molecule has 1 atom stereocenters. The number of hydrogen-bond acceptors (Lipinski definition) is 6. The lowest BCUT2D eigenvalue weighted by Crippen LogP contribution is -2.29. The minimum absolute atomic E-state index is 0.0152. The Bertz CT molecular complexity index is 711. The molecule has 53 heavy (non-hydrogen) atoms. The highest BCUT2D eigenvalue weighted by atomic mass is 16.5. The summed E-state index contributed by atoms with van der Waals surface area (Å²) in [5.74, 6) is -0.0409. The van der Waals surface area contributed by atoms with Crippen molar-refractivity contribution < 1.29 is 24.2 Å². The number of ether oxygens (including phenoxy) is 2. The van der Waals surface area contributed by atoms with Crippen molar-refractivity contribution in [2.75, 3.05) is 32.8 Å². The highest BCUT2D eigenvalue weighted by Crippen LogP contribution is 2.15. The Morgan fingerprint density at radius 1 is 0.453 bits per heavy atom. The number of nitrogens with zero attached hydrogens (tertiary/aromatic N) is 1. The van der Waals surface area contributed by atoms with Crippen LogP contribution in [0.3, 0.4) is 0 Å². The van der Waals surface area contributed by atoms with Crippen molar-refractivity contribution in [1.82, 2.24) is 4.90 Å². The van der Waals surface area contributed by atoms with E-state index in [2.05, 4.69) is 39.5 Å². The van der Waals surface area contributed by atoms with Gasteiger partial charge in [-0.2, -0.15) is 0 Å². The Morgan fingerprint density at radius 2 is 0.830 bits per heavy atom. The van der Waals surface area contributed by atoms with E-state index in [-0.39, 0.29) is 24.6 Å². The highest BCUT2D eigenvalue weighted by Gasteiger charge is 2.12. The van der Waals surface area contributed by atoms with Crippen LogP contribution in [0.1, 0.15) is 253 Å². The van der Waals surface area contributed by atoms with Crippen molar-refractivity contribution in [2.45, 2.75) is 259 Å². The SMILES string of the molecule is CCCCCCCC.CCCCCCCCCOC(=O)CCCCCCCCN(CCO)CCCCCCCC(=O)OC(CC)CCCCCCCC. The lowest BCUT2D eigenvalue weighted by atomic mass is 10.1. The van der Waals surface area contributed by atoms with Crippen LogP contribution >= 0.6 is 0 Å². The van der Waals surface area contributed by atoms with E-state index in [1.807, 2.05) is 0 Å². The average Bonchev–Trinajstić information content (AvgIpc) is 3.16. The van der Waals surface area contributed by atoms with Gasteiger partial charge in [0.2, 0.25) is 0 Å². The normalized spacial score (nSPS) is 11.8. The molecule has 0 aromatic carbocycles. The molecule has 1 unspecified atom stereocenters. The number of aliphatic hydroxyl groups excluding tert-OH is 1. The van der Waals surface area contributed by atoms with Crippen molar-refractivity contribution in [3.63, 3.8) is 0 Å². The molecule has 0 spiro atoms. The fourth-order valence-corrected chi connectivity index (χ4v) is 6.84. The second-order valence-electron chi connectivity index (χ2n) is 15.8. The van der Waals surface area contributed by atoms with Gasteiger partial charge in [-0.25, -0.2) is 0 Å². The molecule has 0 rings (SSSR count). The first-order valence-corrected chi connectivity index (χ1v) is 23.7. The van der Waals surface area contributed by atoms with Gasteiger partial charge in [0.15, 0.2) is 0 Å². The molecule has 0 aliphatic carbocycles. The zero-order valence-corrected chi connectivity index (χ0v) is 36.7. The molecule has 6 nitrogen and oxygen atoms in total. The van der Waals surface area contributed by atoms with E-state index in [1.165, 1.54) is 148 Å². The highest BCUT2D eigenvalue weighted by molar-refractivity contribution is 5.69. The fourth-order valence-electron chi connectivity index (χ4n) is 6.84. The first-order valence-electron chi connectivity index (χ1n) is 23.7. The van der Waals surface area contributed by atoms with Gasteiger partial charge < -0.3 is 19.5 Å². The number of carbonyl (C=O) groups is 2. The summed E-state index contributed by atoms with van der Waals surface area (Å²) in [5, 5.41) is 9.47. The van der Waals surface area contributed by atoms with Gasteiger partial charge in [-0.1, -0.05) is 189 Å². The molecule has 6 heteroatoms. The van der Waals surface area contributed by atoms with Gasteiger partial charge in [0, 0.05) is 19.4 Å². The minimum atomic E-state index is -0.0256. The van der Waals surface area contributed by atoms with E-state index in [1.54, 1.807) is 0 Å². The Balaban J connectivity index is 0. The van der Waals surface area contributed by atoms with Crippen molar-refractivity contribution in [3.05, 3.63) is 0 Å². The molecular formula is C47H95NO5. The minimum Gasteiger partial charge on any atom is -0.466 e. The Hall–Kier alpha value is -1.14. The van der Waals surface area contributed by atoms with Gasteiger partial charge in [-0.3, -0.25) is 9.59 Å². The summed E-state index contributed by atoms with van der Waals surface area (Å²) in [5.41, 5.74) is 0. The Morgan fingerprint density at radius 3 is 1.26 bits per heavy atom. The number of hydrogen-bond donors (Lipinski definition) is 1. The third-order valence-electron chi connectivity index (χ3n) is 10.5. The van der Waals surface area contributed by atoms with Crippen LogP contribution in [0, 0.1) is 0 Å². The van der Waals surface area contributed by atoms with Gasteiger partial charge >= 0.3 is 11.9 Å². The first-order chi connectivity index (χ1) is 26.0. The van der Waals surface area contributed by atoms with E-state index in [0.29, 0.717) is 19.4 Å². The van der Waals surface area contributed by atoms with Crippen LogP contribution in [0.2, 0.25) is 0 Å². The number of aliphatic hydroxyl groups is 1. The van der Waals surface area contributed by atoms with Gasteiger partial charge in [0.25, 0.3) is 0 Å².